The average molecular weight is 399 g/mol. The van der Waals surface area contributed by atoms with Crippen LogP contribution < -0.4 is 5.32 Å². The van der Waals surface area contributed by atoms with E-state index in [1.807, 2.05) is 63.2 Å². The molecule has 8 heteroatoms. The molecule has 1 atom stereocenters. The van der Waals surface area contributed by atoms with E-state index in [9.17, 15) is 9.59 Å². The Morgan fingerprint density at radius 3 is 2.62 bits per heavy atom. The van der Waals surface area contributed by atoms with E-state index in [4.69, 9.17) is 4.74 Å². The van der Waals surface area contributed by atoms with Gasteiger partial charge in [-0.15, -0.1) is 0 Å². The molecular weight excluding hydrogens is 370 g/mol. The van der Waals surface area contributed by atoms with Gasteiger partial charge in [-0.1, -0.05) is 37.3 Å². The second-order valence-electron chi connectivity index (χ2n) is 8.02. The maximum Gasteiger partial charge on any atom is 0.411 e. The lowest BCUT2D eigenvalue weighted by atomic mass is 10.0. The highest BCUT2D eigenvalue weighted by atomic mass is 16.6. The molecule has 29 heavy (non-hydrogen) atoms. The average Bonchev–Trinajstić information content (AvgIpc) is 3.19. The Labute approximate surface area is 171 Å². The molecule has 2 heterocycles. The van der Waals surface area contributed by atoms with E-state index in [2.05, 4.69) is 15.5 Å². The van der Waals surface area contributed by atoms with Crippen LogP contribution in [-0.4, -0.2) is 52.6 Å². The lowest BCUT2D eigenvalue weighted by Gasteiger charge is -2.33. The number of carbonyl (C=O) groups excluding carboxylic acids is 2. The third-order valence-electron chi connectivity index (χ3n) is 5.21. The lowest BCUT2D eigenvalue weighted by Crippen LogP contribution is -2.42. The van der Waals surface area contributed by atoms with Gasteiger partial charge in [0, 0.05) is 18.5 Å². The summed E-state index contributed by atoms with van der Waals surface area (Å²) in [6.45, 7) is 6.56. The summed E-state index contributed by atoms with van der Waals surface area (Å²) in [6, 6.07) is 9.73. The Morgan fingerprint density at radius 2 is 2.00 bits per heavy atom. The fraction of sp³-hybridized carbons (Fsp3) is 0.476. The van der Waals surface area contributed by atoms with Gasteiger partial charge in [0.1, 0.15) is 6.10 Å². The first kappa shape index (κ1) is 20.9. The van der Waals surface area contributed by atoms with Crippen LogP contribution in [0.1, 0.15) is 50.1 Å². The van der Waals surface area contributed by atoms with Crippen LogP contribution in [0.25, 0.3) is 0 Å². The van der Waals surface area contributed by atoms with Crippen LogP contribution in [0.3, 0.4) is 0 Å². The Hall–Kier alpha value is -2.87. The summed E-state index contributed by atoms with van der Waals surface area (Å²) in [6.07, 6.45) is -0.422. The zero-order valence-electron chi connectivity index (χ0n) is 17.7. The molecule has 0 aliphatic carbocycles. The summed E-state index contributed by atoms with van der Waals surface area (Å²) in [7, 11) is 3.89. The van der Waals surface area contributed by atoms with Crippen LogP contribution in [0.15, 0.2) is 30.3 Å². The monoisotopic (exact) mass is 399 g/mol. The summed E-state index contributed by atoms with van der Waals surface area (Å²) in [5, 5.41) is 10.0. The first-order valence-electron chi connectivity index (χ1n) is 9.79. The molecule has 0 saturated heterocycles. The quantitative estimate of drug-likeness (QED) is 0.778. The van der Waals surface area contributed by atoms with Crippen molar-refractivity contribution in [2.75, 3.05) is 26.0 Å². The molecule has 2 N–H and O–H groups in total. The molecule has 1 aromatic carbocycles. The Morgan fingerprint density at radius 1 is 1.31 bits per heavy atom. The van der Waals surface area contributed by atoms with Gasteiger partial charge in [-0.3, -0.25) is 14.8 Å². The number of likely N-dealkylation sites (N-methyl/N-ethyl adjacent to an activating group) is 1. The van der Waals surface area contributed by atoms with E-state index >= 15 is 0 Å². The number of rotatable bonds is 6. The van der Waals surface area contributed by atoms with Gasteiger partial charge in [-0.25, -0.2) is 4.79 Å². The number of nitrogens with one attached hydrogen (secondary N) is 2. The van der Waals surface area contributed by atoms with Crippen LogP contribution in [-0.2, 0) is 21.6 Å². The molecule has 156 valence electrons. The van der Waals surface area contributed by atoms with E-state index in [1.165, 1.54) is 0 Å². The first-order valence-corrected chi connectivity index (χ1v) is 9.79. The number of hydrogen-bond donors (Lipinski definition) is 2. The highest BCUT2D eigenvalue weighted by molar-refractivity contribution is 5.90. The van der Waals surface area contributed by atoms with Crippen molar-refractivity contribution >= 4 is 17.8 Å². The van der Waals surface area contributed by atoms with Crippen LogP contribution in [0.2, 0.25) is 0 Å². The molecule has 0 radical (unpaired) electrons. The SMILES string of the molecule is CCC(=O)Nc1n[nH]c2c1CN(C(=O)OC(CN(C)C)c1ccccc1)C2(C)C. The van der Waals surface area contributed by atoms with Gasteiger partial charge < -0.3 is 15.0 Å². The Balaban J connectivity index is 1.80. The van der Waals surface area contributed by atoms with Gasteiger partial charge in [-0.05, 0) is 33.5 Å². The minimum absolute atomic E-state index is 0.117. The number of nitrogens with zero attached hydrogens (tertiary/aromatic N) is 3. The standard InChI is InChI=1S/C21H29N5O3/c1-6-17(27)22-19-15-12-26(21(2,3)18(15)23-24-19)20(28)29-16(13-25(4)5)14-10-8-7-9-11-14/h7-11,16H,6,12-13H2,1-5H3,(H2,22,23,24,27). The van der Waals surface area contributed by atoms with Crippen LogP contribution in [0, 0.1) is 0 Å². The summed E-state index contributed by atoms with van der Waals surface area (Å²) >= 11 is 0. The molecule has 3 rings (SSSR count). The fourth-order valence-corrected chi connectivity index (χ4v) is 3.53. The zero-order valence-corrected chi connectivity index (χ0v) is 17.7. The minimum Gasteiger partial charge on any atom is -0.440 e. The van der Waals surface area contributed by atoms with Crippen molar-refractivity contribution in [3.63, 3.8) is 0 Å². The smallest absolute Gasteiger partial charge is 0.411 e. The molecular formula is C21H29N5O3. The van der Waals surface area contributed by atoms with Gasteiger partial charge in [-0.2, -0.15) is 5.10 Å². The summed E-state index contributed by atoms with van der Waals surface area (Å²) in [4.78, 5) is 28.6. The summed E-state index contributed by atoms with van der Waals surface area (Å²) < 4.78 is 5.93. The zero-order chi connectivity index (χ0) is 21.2. The van der Waals surface area contributed by atoms with Gasteiger partial charge in [0.25, 0.3) is 0 Å². The van der Waals surface area contributed by atoms with E-state index in [0.717, 1.165) is 16.8 Å². The third-order valence-corrected chi connectivity index (χ3v) is 5.21. The topological polar surface area (TPSA) is 90.6 Å². The Bertz CT molecular complexity index is 876. The lowest BCUT2D eigenvalue weighted by molar-refractivity contribution is -0.115. The van der Waals surface area contributed by atoms with Crippen LogP contribution in [0.4, 0.5) is 10.6 Å². The summed E-state index contributed by atoms with van der Waals surface area (Å²) in [5.74, 6) is 0.358. The Kier molecular flexibility index (Phi) is 5.93. The predicted molar refractivity (Wildman–Crippen MR) is 110 cm³/mol. The molecule has 1 aromatic heterocycles. The second kappa shape index (κ2) is 8.24. The summed E-state index contributed by atoms with van der Waals surface area (Å²) in [5.41, 5.74) is 1.94. The van der Waals surface area contributed by atoms with Crippen LogP contribution in [0.5, 0.6) is 0 Å². The van der Waals surface area contributed by atoms with Crippen molar-refractivity contribution in [1.29, 1.82) is 0 Å². The first-order chi connectivity index (χ1) is 13.7. The molecule has 0 spiro atoms. The van der Waals surface area contributed by atoms with Gasteiger partial charge >= 0.3 is 6.09 Å². The molecule has 8 nitrogen and oxygen atoms in total. The number of amides is 2. The van der Waals surface area contributed by atoms with Crippen molar-refractivity contribution in [3.8, 4) is 0 Å². The molecule has 1 unspecified atom stereocenters. The number of H-pyrrole nitrogens is 1. The minimum atomic E-state index is -0.631. The van der Waals surface area contributed by atoms with Crippen LogP contribution >= 0.6 is 0 Å². The predicted octanol–water partition coefficient (Wildman–Crippen LogP) is 3.25. The molecule has 2 amide bonds. The number of ether oxygens (including phenoxy) is 1. The van der Waals surface area contributed by atoms with E-state index < -0.39 is 11.6 Å². The fourth-order valence-electron chi connectivity index (χ4n) is 3.53. The van der Waals surface area contributed by atoms with E-state index in [1.54, 1.807) is 11.8 Å². The molecule has 0 bridgehead atoms. The van der Waals surface area contributed by atoms with Gasteiger partial charge in [0.2, 0.25) is 5.91 Å². The number of anilines is 1. The van der Waals surface area contributed by atoms with Crippen molar-refractivity contribution in [2.24, 2.45) is 0 Å². The van der Waals surface area contributed by atoms with Gasteiger partial charge in [0.05, 0.1) is 17.8 Å². The molecule has 1 aliphatic rings. The highest BCUT2D eigenvalue weighted by Crippen LogP contribution is 2.41. The molecule has 0 saturated carbocycles. The van der Waals surface area contributed by atoms with E-state index in [0.29, 0.717) is 25.3 Å². The maximum absolute atomic E-state index is 13.1. The normalized spacial score (nSPS) is 15.9. The van der Waals surface area contributed by atoms with Crippen molar-refractivity contribution in [3.05, 3.63) is 47.2 Å². The largest absolute Gasteiger partial charge is 0.440 e. The van der Waals surface area contributed by atoms with Crippen molar-refractivity contribution in [2.45, 2.75) is 45.4 Å². The number of aromatic nitrogens is 2. The van der Waals surface area contributed by atoms with Crippen molar-refractivity contribution < 1.29 is 14.3 Å². The number of aromatic amines is 1. The van der Waals surface area contributed by atoms with Crippen molar-refractivity contribution in [1.82, 2.24) is 20.0 Å². The number of hydrogen-bond acceptors (Lipinski definition) is 5. The second-order valence-corrected chi connectivity index (χ2v) is 8.02. The molecule has 1 aliphatic heterocycles. The maximum atomic E-state index is 13.1. The third kappa shape index (κ3) is 4.27. The molecule has 2 aromatic rings. The van der Waals surface area contributed by atoms with E-state index in [-0.39, 0.29) is 12.0 Å². The highest BCUT2D eigenvalue weighted by Gasteiger charge is 2.45. The number of fused-ring (bicyclic) bond motifs is 1. The van der Waals surface area contributed by atoms with Gasteiger partial charge in [0.15, 0.2) is 5.82 Å². The number of benzene rings is 1. The number of carbonyl (C=O) groups is 2. The molecule has 0 fully saturated rings.